The molecule has 0 spiro atoms. The van der Waals surface area contributed by atoms with Crippen LogP contribution in [-0.2, 0) is 6.42 Å². The minimum Gasteiger partial charge on any atom is -0.207 e. The molecule has 21 heavy (non-hydrogen) atoms. The Morgan fingerprint density at radius 2 is 1.86 bits per heavy atom. The summed E-state index contributed by atoms with van der Waals surface area (Å²) in [5.74, 6) is -0.203. The first-order valence-electron chi connectivity index (χ1n) is 7.09. The number of halogens is 2. The fourth-order valence-electron chi connectivity index (χ4n) is 2.46. The molecule has 0 fully saturated rings. The summed E-state index contributed by atoms with van der Waals surface area (Å²) in [6.07, 6.45) is 2.24. The average molecular weight is 319 g/mol. The van der Waals surface area contributed by atoms with Crippen molar-refractivity contribution in [1.29, 1.82) is 0 Å². The summed E-state index contributed by atoms with van der Waals surface area (Å²) in [4.78, 5) is 1.06. The maximum Gasteiger partial charge on any atom is 0.124 e. The highest BCUT2D eigenvalue weighted by Crippen LogP contribution is 2.37. The topological polar surface area (TPSA) is 0 Å². The Morgan fingerprint density at radius 3 is 2.57 bits per heavy atom. The van der Waals surface area contributed by atoms with Gasteiger partial charge in [-0.15, -0.1) is 22.9 Å². The van der Waals surface area contributed by atoms with Crippen LogP contribution in [0.2, 0.25) is 0 Å². The van der Waals surface area contributed by atoms with Crippen molar-refractivity contribution in [2.75, 3.05) is 0 Å². The fraction of sp³-hybridized carbons (Fsp3) is 0.222. The van der Waals surface area contributed by atoms with Crippen LogP contribution in [-0.4, -0.2) is 0 Å². The summed E-state index contributed by atoms with van der Waals surface area (Å²) in [5.41, 5.74) is 2.42. The Morgan fingerprint density at radius 1 is 1.10 bits per heavy atom. The second kappa shape index (κ2) is 6.17. The van der Waals surface area contributed by atoms with Gasteiger partial charge in [-0.05, 0) is 41.1 Å². The van der Waals surface area contributed by atoms with E-state index in [1.807, 2.05) is 0 Å². The standard InChI is InChI=1S/C18H16ClFS/c1-2-3-12-4-6-13(7-5-12)18(19)17-10-14-8-9-15(20)11-16(14)21-17/h4-11,18H,2-3H2,1H3. The van der Waals surface area contributed by atoms with Crippen molar-refractivity contribution in [3.05, 3.63) is 70.4 Å². The van der Waals surface area contributed by atoms with Crippen LogP contribution in [0.1, 0.15) is 34.7 Å². The Hall–Kier alpha value is -1.38. The van der Waals surface area contributed by atoms with Crippen molar-refractivity contribution in [2.45, 2.75) is 25.1 Å². The lowest BCUT2D eigenvalue weighted by Crippen LogP contribution is -1.91. The van der Waals surface area contributed by atoms with Crippen molar-refractivity contribution in [2.24, 2.45) is 0 Å². The highest BCUT2D eigenvalue weighted by molar-refractivity contribution is 7.19. The number of thiophene rings is 1. The van der Waals surface area contributed by atoms with Gasteiger partial charge >= 0.3 is 0 Å². The highest BCUT2D eigenvalue weighted by atomic mass is 35.5. The second-order valence-corrected chi connectivity index (χ2v) is 6.74. The molecule has 1 unspecified atom stereocenters. The van der Waals surface area contributed by atoms with Gasteiger partial charge in [-0.2, -0.15) is 0 Å². The molecule has 0 N–H and O–H groups in total. The molecule has 0 nitrogen and oxygen atoms in total. The predicted octanol–water partition coefficient (Wildman–Crippen LogP) is 6.32. The molecule has 0 bridgehead atoms. The molecule has 2 aromatic carbocycles. The molecule has 0 aliphatic rings. The summed E-state index contributed by atoms with van der Waals surface area (Å²) < 4.78 is 14.2. The van der Waals surface area contributed by atoms with Gasteiger partial charge in [0.15, 0.2) is 0 Å². The van der Waals surface area contributed by atoms with Gasteiger partial charge in [-0.3, -0.25) is 0 Å². The smallest absolute Gasteiger partial charge is 0.124 e. The van der Waals surface area contributed by atoms with Crippen LogP contribution in [0.3, 0.4) is 0 Å². The molecule has 1 heterocycles. The Balaban J connectivity index is 1.90. The zero-order valence-corrected chi connectivity index (χ0v) is 13.3. The number of fused-ring (bicyclic) bond motifs is 1. The van der Waals surface area contributed by atoms with Crippen molar-refractivity contribution in [3.63, 3.8) is 0 Å². The number of alkyl halides is 1. The Kier molecular flexibility index (Phi) is 4.27. The van der Waals surface area contributed by atoms with Crippen molar-refractivity contribution in [3.8, 4) is 0 Å². The molecule has 3 rings (SSSR count). The quantitative estimate of drug-likeness (QED) is 0.494. The van der Waals surface area contributed by atoms with Gasteiger partial charge in [-0.25, -0.2) is 4.39 Å². The summed E-state index contributed by atoms with van der Waals surface area (Å²) in [5, 5.41) is 0.866. The zero-order valence-electron chi connectivity index (χ0n) is 11.8. The summed E-state index contributed by atoms with van der Waals surface area (Å²) in [6.45, 7) is 2.18. The van der Waals surface area contributed by atoms with Crippen LogP contribution < -0.4 is 0 Å². The van der Waals surface area contributed by atoms with Gasteiger partial charge in [0, 0.05) is 9.58 Å². The van der Waals surface area contributed by atoms with E-state index in [9.17, 15) is 4.39 Å². The van der Waals surface area contributed by atoms with Gasteiger partial charge in [0.2, 0.25) is 0 Å². The maximum absolute atomic E-state index is 13.3. The molecule has 3 aromatic rings. The van der Waals surface area contributed by atoms with Crippen LogP contribution in [0.15, 0.2) is 48.5 Å². The Bertz CT molecular complexity index is 746. The van der Waals surface area contributed by atoms with Gasteiger partial charge in [-0.1, -0.05) is 43.7 Å². The SMILES string of the molecule is CCCc1ccc(C(Cl)c2cc3ccc(F)cc3s2)cc1. The van der Waals surface area contributed by atoms with Gasteiger partial charge in [0.1, 0.15) is 5.82 Å². The van der Waals surface area contributed by atoms with Crippen molar-refractivity contribution in [1.82, 2.24) is 0 Å². The molecule has 0 saturated heterocycles. The number of aryl methyl sites for hydroxylation is 1. The summed E-state index contributed by atoms with van der Waals surface area (Å²) >= 11 is 8.15. The molecule has 0 aliphatic heterocycles. The third-order valence-corrected chi connectivity index (χ3v) is 5.34. The van der Waals surface area contributed by atoms with Crippen LogP contribution in [0.5, 0.6) is 0 Å². The molecule has 1 atom stereocenters. The van der Waals surface area contributed by atoms with E-state index < -0.39 is 0 Å². The molecule has 0 saturated carbocycles. The third-order valence-electron chi connectivity index (χ3n) is 3.56. The normalized spacial score (nSPS) is 12.7. The van der Waals surface area contributed by atoms with Crippen LogP contribution >= 0.6 is 22.9 Å². The number of rotatable bonds is 4. The first-order chi connectivity index (χ1) is 10.2. The van der Waals surface area contributed by atoms with E-state index in [1.165, 1.54) is 11.6 Å². The highest BCUT2D eigenvalue weighted by Gasteiger charge is 2.14. The molecule has 0 radical (unpaired) electrons. The number of hydrogen-bond donors (Lipinski definition) is 0. The molecule has 3 heteroatoms. The monoisotopic (exact) mass is 318 g/mol. The third kappa shape index (κ3) is 3.12. The minimum absolute atomic E-state index is 0.180. The molecule has 0 amide bonds. The average Bonchev–Trinajstić information content (AvgIpc) is 2.90. The van der Waals surface area contributed by atoms with Gasteiger partial charge in [0.25, 0.3) is 0 Å². The van der Waals surface area contributed by atoms with Gasteiger partial charge < -0.3 is 0 Å². The van der Waals surface area contributed by atoms with E-state index in [2.05, 4.69) is 37.3 Å². The minimum atomic E-state index is -0.203. The number of hydrogen-bond acceptors (Lipinski definition) is 1. The van der Waals surface area contributed by atoms with Crippen molar-refractivity contribution >= 4 is 33.0 Å². The second-order valence-electron chi connectivity index (χ2n) is 5.19. The van der Waals surface area contributed by atoms with E-state index >= 15 is 0 Å². The zero-order chi connectivity index (χ0) is 14.8. The lowest BCUT2D eigenvalue weighted by molar-refractivity contribution is 0.630. The van der Waals surface area contributed by atoms with Crippen LogP contribution in [0, 0.1) is 5.82 Å². The van der Waals surface area contributed by atoms with E-state index in [1.54, 1.807) is 23.5 Å². The van der Waals surface area contributed by atoms with E-state index in [-0.39, 0.29) is 11.2 Å². The molecule has 108 valence electrons. The molecular weight excluding hydrogens is 303 g/mol. The lowest BCUT2D eigenvalue weighted by atomic mass is 10.0. The number of benzene rings is 2. The van der Waals surface area contributed by atoms with Crippen LogP contribution in [0.4, 0.5) is 4.39 Å². The van der Waals surface area contributed by atoms with Crippen LogP contribution in [0.25, 0.3) is 10.1 Å². The fourth-order valence-corrected chi connectivity index (χ4v) is 3.89. The first kappa shape index (κ1) is 14.6. The van der Waals surface area contributed by atoms with Crippen molar-refractivity contribution < 1.29 is 4.39 Å². The summed E-state index contributed by atoms with van der Waals surface area (Å²) in [6, 6.07) is 15.4. The maximum atomic E-state index is 13.3. The lowest BCUT2D eigenvalue weighted by Gasteiger charge is -2.08. The van der Waals surface area contributed by atoms with E-state index in [0.717, 1.165) is 33.4 Å². The van der Waals surface area contributed by atoms with Gasteiger partial charge in [0.05, 0.1) is 5.38 Å². The van der Waals surface area contributed by atoms with E-state index in [0.29, 0.717) is 0 Å². The van der Waals surface area contributed by atoms with E-state index in [4.69, 9.17) is 11.6 Å². The Labute approximate surface area is 133 Å². The molecular formula is C18H16ClFS. The first-order valence-corrected chi connectivity index (χ1v) is 8.34. The molecule has 1 aromatic heterocycles. The largest absolute Gasteiger partial charge is 0.207 e. The summed E-state index contributed by atoms with van der Waals surface area (Å²) in [7, 11) is 0. The molecule has 0 aliphatic carbocycles. The predicted molar refractivity (Wildman–Crippen MR) is 89.9 cm³/mol.